The van der Waals surface area contributed by atoms with Crippen molar-refractivity contribution in [3.05, 3.63) is 70.8 Å². The first-order chi connectivity index (χ1) is 19.7. The van der Waals surface area contributed by atoms with Crippen LogP contribution < -0.4 is 14.8 Å². The molecule has 0 aromatic heterocycles. The predicted molar refractivity (Wildman–Crippen MR) is 139 cm³/mol. The monoisotopic (exact) mass is 571 g/mol. The normalized spacial score (nSPS) is 14.4. The fourth-order valence-corrected chi connectivity index (χ4v) is 3.88. The minimum atomic E-state index is -2.96. The molecule has 3 rings (SSSR count). The van der Waals surface area contributed by atoms with Gasteiger partial charge in [0.15, 0.2) is 0 Å². The maximum Gasteiger partial charge on any atom is 0.387 e. The van der Waals surface area contributed by atoms with Crippen LogP contribution in [0.2, 0.25) is 0 Å². The second-order valence-electron chi connectivity index (χ2n) is 8.62. The van der Waals surface area contributed by atoms with Crippen molar-refractivity contribution in [3.63, 3.8) is 0 Å². The number of rotatable bonds is 11. The maximum atomic E-state index is 12.8. The van der Waals surface area contributed by atoms with Gasteiger partial charge in [0, 0.05) is 39.3 Å². The largest absolute Gasteiger partial charge is 0.435 e. The first kappa shape index (κ1) is 30.7. The molecule has 1 heterocycles. The fourth-order valence-electron chi connectivity index (χ4n) is 3.88. The number of nitrogens with one attached hydrogen (secondary N) is 1. The number of carbonyl (C=O) groups excluding carboxylic acids is 2. The van der Waals surface area contributed by atoms with E-state index in [0.717, 1.165) is 0 Å². The Hall–Kier alpha value is -4.88. The highest BCUT2D eigenvalue weighted by atomic mass is 19.3. The molecule has 41 heavy (non-hydrogen) atoms. The van der Waals surface area contributed by atoms with E-state index in [0.29, 0.717) is 43.9 Å². The van der Waals surface area contributed by atoms with Crippen LogP contribution in [0.1, 0.15) is 11.1 Å². The van der Waals surface area contributed by atoms with Crippen molar-refractivity contribution in [2.24, 2.45) is 0 Å². The van der Waals surface area contributed by atoms with Gasteiger partial charge in [-0.15, -0.1) is 0 Å². The molecule has 0 bridgehead atoms. The zero-order chi connectivity index (χ0) is 29.8. The quantitative estimate of drug-likeness (QED) is 0.248. The summed E-state index contributed by atoms with van der Waals surface area (Å²) in [7, 11) is 0. The number of piperazine rings is 1. The lowest BCUT2D eigenvalue weighted by atomic mass is 10.1. The minimum Gasteiger partial charge on any atom is -0.435 e. The van der Waals surface area contributed by atoms with Gasteiger partial charge in [0.05, 0.1) is 0 Å². The summed E-state index contributed by atoms with van der Waals surface area (Å²) in [5, 5.41) is 21.5. The smallest absolute Gasteiger partial charge is 0.387 e. The van der Waals surface area contributed by atoms with Crippen molar-refractivity contribution in [2.45, 2.75) is 13.2 Å². The van der Waals surface area contributed by atoms with Crippen LogP contribution in [0.25, 0.3) is 12.2 Å². The summed E-state index contributed by atoms with van der Waals surface area (Å²) in [6.07, 6.45) is 2.71. The lowest BCUT2D eigenvalue weighted by Crippen LogP contribution is -2.50. The molecular weight excluding hydrogens is 546 g/mol. The van der Waals surface area contributed by atoms with Gasteiger partial charge in [0.1, 0.15) is 34.8 Å². The molecule has 0 aliphatic carbocycles. The highest BCUT2D eigenvalue weighted by Gasteiger charge is 2.24. The lowest BCUT2D eigenvalue weighted by molar-refractivity contribution is -0.128. The Morgan fingerprint density at radius 1 is 0.805 bits per heavy atom. The number of benzene rings is 2. The summed E-state index contributed by atoms with van der Waals surface area (Å²) in [5.74, 6) is -1.13. The van der Waals surface area contributed by atoms with Crippen LogP contribution in [0.3, 0.4) is 0 Å². The molecular formula is C28H25F4N5O4. The average molecular weight is 572 g/mol. The predicted octanol–water partition coefficient (Wildman–Crippen LogP) is 3.66. The third kappa shape index (κ3) is 9.67. The highest BCUT2D eigenvalue weighted by molar-refractivity contribution is 6.02. The number of carbonyl (C=O) groups is 2. The van der Waals surface area contributed by atoms with E-state index in [-0.39, 0.29) is 29.2 Å². The number of ether oxygens (including phenoxy) is 2. The maximum absolute atomic E-state index is 12.8. The molecule has 2 amide bonds. The molecule has 0 atom stereocenters. The molecule has 1 fully saturated rings. The summed E-state index contributed by atoms with van der Waals surface area (Å²) in [6.45, 7) is -3.53. The third-order valence-corrected chi connectivity index (χ3v) is 5.92. The van der Waals surface area contributed by atoms with E-state index >= 15 is 0 Å². The SMILES string of the molecule is N#C/C(=C\c1ccc(OC(F)F)cc1)C(=O)NCCN1CCN(C(=O)/C(C#N)=C/c2ccc(OC(F)F)cc2)CC1. The molecule has 13 heteroatoms. The lowest BCUT2D eigenvalue weighted by Gasteiger charge is -2.34. The standard InChI is InChI=1S/C28H25F4N5O4/c29-27(30)40-23-5-1-19(2-6-23)15-21(17-33)25(38)35-9-10-36-11-13-37(14-12-36)26(39)22(18-34)16-20-3-7-24(8-4-20)41-28(31)32/h1-8,15-16,27-28H,9-14H2,(H,35,38)/b21-15+,22-16+. The Kier molecular flexibility index (Phi) is 11.3. The van der Waals surface area contributed by atoms with E-state index in [2.05, 4.69) is 14.8 Å². The molecule has 1 aliphatic heterocycles. The Bertz CT molecular complexity index is 1340. The van der Waals surface area contributed by atoms with E-state index in [1.807, 2.05) is 17.0 Å². The van der Waals surface area contributed by atoms with E-state index in [4.69, 9.17) is 0 Å². The van der Waals surface area contributed by atoms with Gasteiger partial charge in [-0.3, -0.25) is 14.5 Å². The van der Waals surface area contributed by atoms with Crippen molar-refractivity contribution in [2.75, 3.05) is 39.3 Å². The van der Waals surface area contributed by atoms with Gasteiger partial charge >= 0.3 is 13.2 Å². The minimum absolute atomic E-state index is 0.0379. The molecule has 1 N–H and O–H groups in total. The summed E-state index contributed by atoms with van der Waals surface area (Å²) in [4.78, 5) is 28.8. The van der Waals surface area contributed by atoms with E-state index < -0.39 is 25.0 Å². The van der Waals surface area contributed by atoms with Gasteiger partial charge in [-0.1, -0.05) is 24.3 Å². The Balaban J connectivity index is 1.46. The number of nitriles is 2. The molecule has 9 nitrogen and oxygen atoms in total. The van der Waals surface area contributed by atoms with Gasteiger partial charge in [0.2, 0.25) is 0 Å². The summed E-state index contributed by atoms with van der Waals surface area (Å²) < 4.78 is 57.7. The molecule has 0 unspecified atom stereocenters. The fraction of sp³-hybridized carbons (Fsp3) is 0.286. The van der Waals surface area contributed by atoms with Gasteiger partial charge < -0.3 is 19.7 Å². The number of hydrogen-bond acceptors (Lipinski definition) is 7. The van der Waals surface area contributed by atoms with Crippen molar-refractivity contribution in [1.29, 1.82) is 10.5 Å². The first-order valence-corrected chi connectivity index (χ1v) is 12.3. The van der Waals surface area contributed by atoms with Crippen molar-refractivity contribution in [3.8, 4) is 23.6 Å². The Morgan fingerprint density at radius 2 is 1.27 bits per heavy atom. The molecule has 0 saturated carbocycles. The Morgan fingerprint density at radius 3 is 1.71 bits per heavy atom. The van der Waals surface area contributed by atoms with Crippen molar-refractivity contribution < 1.29 is 36.6 Å². The molecule has 2 aromatic carbocycles. The summed E-state index contributed by atoms with van der Waals surface area (Å²) >= 11 is 0. The summed E-state index contributed by atoms with van der Waals surface area (Å²) in [5.41, 5.74) is 0.687. The average Bonchev–Trinajstić information content (AvgIpc) is 2.95. The van der Waals surface area contributed by atoms with Gasteiger partial charge in [0.25, 0.3) is 11.8 Å². The van der Waals surface area contributed by atoms with E-state index in [1.54, 1.807) is 0 Å². The molecule has 2 aromatic rings. The number of nitrogens with zero attached hydrogens (tertiary/aromatic N) is 4. The molecule has 0 spiro atoms. The summed E-state index contributed by atoms with van der Waals surface area (Å²) in [6, 6.07) is 14.7. The zero-order valence-corrected chi connectivity index (χ0v) is 21.6. The van der Waals surface area contributed by atoms with Crippen LogP contribution in [0, 0.1) is 22.7 Å². The molecule has 1 saturated heterocycles. The molecule has 214 valence electrons. The first-order valence-electron chi connectivity index (χ1n) is 12.3. The van der Waals surface area contributed by atoms with Crippen molar-refractivity contribution in [1.82, 2.24) is 15.1 Å². The second-order valence-corrected chi connectivity index (χ2v) is 8.62. The molecule has 0 radical (unpaired) electrons. The Labute approximate surface area is 233 Å². The van der Waals surface area contributed by atoms with Crippen molar-refractivity contribution >= 4 is 24.0 Å². The van der Waals surface area contributed by atoms with Crippen LogP contribution in [-0.4, -0.2) is 74.1 Å². The van der Waals surface area contributed by atoms with E-state index in [1.165, 1.54) is 65.6 Å². The van der Waals surface area contributed by atoms with Crippen LogP contribution in [-0.2, 0) is 9.59 Å². The van der Waals surface area contributed by atoms with E-state index in [9.17, 15) is 37.7 Å². The van der Waals surface area contributed by atoms with Crippen LogP contribution in [0.5, 0.6) is 11.5 Å². The highest BCUT2D eigenvalue weighted by Crippen LogP contribution is 2.18. The number of halogens is 4. The van der Waals surface area contributed by atoms with Crippen LogP contribution >= 0.6 is 0 Å². The van der Waals surface area contributed by atoms with Gasteiger partial charge in [-0.2, -0.15) is 28.1 Å². The second kappa shape index (κ2) is 15.1. The topological polar surface area (TPSA) is 119 Å². The van der Waals surface area contributed by atoms with Crippen LogP contribution in [0.15, 0.2) is 59.7 Å². The van der Waals surface area contributed by atoms with Crippen LogP contribution in [0.4, 0.5) is 17.6 Å². The van der Waals surface area contributed by atoms with Gasteiger partial charge in [-0.05, 0) is 47.5 Å². The van der Waals surface area contributed by atoms with Gasteiger partial charge in [-0.25, -0.2) is 0 Å². The number of alkyl halides is 4. The third-order valence-electron chi connectivity index (χ3n) is 5.92. The number of amides is 2. The number of hydrogen-bond donors (Lipinski definition) is 1. The zero-order valence-electron chi connectivity index (χ0n) is 21.6. The molecule has 1 aliphatic rings.